The Morgan fingerprint density at radius 2 is 2.24 bits per heavy atom. The summed E-state index contributed by atoms with van der Waals surface area (Å²) in [5.74, 6) is 0.855. The van der Waals surface area contributed by atoms with E-state index in [1.807, 2.05) is 0 Å². The van der Waals surface area contributed by atoms with E-state index in [-0.39, 0.29) is 12.6 Å². The molecule has 2 fully saturated rings. The molecule has 0 atom stereocenters. The zero-order chi connectivity index (χ0) is 12.3. The normalized spacial score (nSPS) is 20.8. The van der Waals surface area contributed by atoms with Crippen LogP contribution >= 0.6 is 0 Å². The molecule has 0 heterocycles. The Balaban J connectivity index is 1.76. The van der Waals surface area contributed by atoms with Gasteiger partial charge >= 0.3 is 6.03 Å². The minimum Gasteiger partial charge on any atom is -0.395 e. The van der Waals surface area contributed by atoms with Crippen LogP contribution in [0.15, 0.2) is 12.7 Å². The molecule has 2 saturated carbocycles. The molecule has 0 unspecified atom stereocenters. The van der Waals surface area contributed by atoms with E-state index in [2.05, 4.69) is 11.9 Å². The van der Waals surface area contributed by atoms with E-state index in [0.29, 0.717) is 18.5 Å². The molecule has 2 amide bonds. The highest BCUT2D eigenvalue weighted by atomic mass is 16.3. The molecule has 0 aromatic rings. The minimum absolute atomic E-state index is 0.00493. The van der Waals surface area contributed by atoms with Crippen molar-refractivity contribution in [1.82, 2.24) is 10.2 Å². The highest BCUT2D eigenvalue weighted by molar-refractivity contribution is 5.74. The van der Waals surface area contributed by atoms with Crippen LogP contribution in [0.25, 0.3) is 0 Å². The predicted octanol–water partition coefficient (Wildman–Crippen LogP) is 1.37. The molecule has 2 aliphatic carbocycles. The van der Waals surface area contributed by atoms with Crippen molar-refractivity contribution in [3.63, 3.8) is 0 Å². The zero-order valence-electron chi connectivity index (χ0n) is 10.3. The van der Waals surface area contributed by atoms with Crippen LogP contribution in [0, 0.1) is 11.3 Å². The molecule has 2 rings (SSSR count). The molecule has 0 bridgehead atoms. The van der Waals surface area contributed by atoms with Gasteiger partial charge in [-0.15, -0.1) is 6.58 Å². The Morgan fingerprint density at radius 3 is 2.71 bits per heavy atom. The van der Waals surface area contributed by atoms with Crippen LogP contribution in [0.3, 0.4) is 0 Å². The van der Waals surface area contributed by atoms with Gasteiger partial charge in [-0.25, -0.2) is 4.79 Å². The second-order valence-corrected chi connectivity index (χ2v) is 5.25. The Morgan fingerprint density at radius 1 is 1.53 bits per heavy atom. The molecule has 0 radical (unpaired) electrons. The second-order valence-electron chi connectivity index (χ2n) is 5.25. The number of rotatable bonds is 7. The number of hydrogen-bond donors (Lipinski definition) is 2. The van der Waals surface area contributed by atoms with Gasteiger partial charge in [0.05, 0.1) is 6.61 Å². The van der Waals surface area contributed by atoms with E-state index < -0.39 is 0 Å². The maximum atomic E-state index is 11.9. The van der Waals surface area contributed by atoms with Crippen molar-refractivity contribution in [2.24, 2.45) is 11.3 Å². The molecular formula is C13H22N2O2. The lowest BCUT2D eigenvalue weighted by Gasteiger charge is -2.23. The van der Waals surface area contributed by atoms with E-state index in [4.69, 9.17) is 5.11 Å². The third kappa shape index (κ3) is 3.00. The van der Waals surface area contributed by atoms with Gasteiger partial charge in [-0.2, -0.15) is 0 Å². The molecule has 0 aromatic heterocycles. The molecule has 0 aliphatic heterocycles. The van der Waals surface area contributed by atoms with Crippen molar-refractivity contribution in [3.05, 3.63) is 12.7 Å². The molecule has 4 nitrogen and oxygen atoms in total. The SMILES string of the molecule is C=CCN(CCO)C(=O)NCC1(C2CC2)CC1. The maximum Gasteiger partial charge on any atom is 0.317 e. The summed E-state index contributed by atoms with van der Waals surface area (Å²) in [5.41, 5.74) is 0.425. The molecule has 0 aromatic carbocycles. The number of aliphatic hydroxyl groups excluding tert-OH is 1. The van der Waals surface area contributed by atoms with Crippen molar-refractivity contribution in [1.29, 1.82) is 0 Å². The lowest BCUT2D eigenvalue weighted by Crippen LogP contribution is -2.43. The summed E-state index contributed by atoms with van der Waals surface area (Å²) in [6, 6.07) is -0.0779. The van der Waals surface area contributed by atoms with E-state index in [1.165, 1.54) is 25.7 Å². The van der Waals surface area contributed by atoms with Crippen molar-refractivity contribution < 1.29 is 9.90 Å². The summed E-state index contributed by atoms with van der Waals surface area (Å²) >= 11 is 0. The third-order valence-electron chi connectivity index (χ3n) is 3.93. The fourth-order valence-corrected chi connectivity index (χ4v) is 2.50. The largest absolute Gasteiger partial charge is 0.395 e. The van der Waals surface area contributed by atoms with Crippen LogP contribution in [0.1, 0.15) is 25.7 Å². The summed E-state index contributed by atoms with van der Waals surface area (Å²) in [6.45, 7) is 5.28. The quantitative estimate of drug-likeness (QED) is 0.658. The van der Waals surface area contributed by atoms with Gasteiger partial charge < -0.3 is 15.3 Å². The monoisotopic (exact) mass is 238 g/mol. The third-order valence-corrected chi connectivity index (χ3v) is 3.93. The van der Waals surface area contributed by atoms with E-state index in [9.17, 15) is 4.79 Å². The number of carbonyl (C=O) groups is 1. The van der Waals surface area contributed by atoms with Gasteiger partial charge in [-0.1, -0.05) is 6.08 Å². The van der Waals surface area contributed by atoms with E-state index >= 15 is 0 Å². The van der Waals surface area contributed by atoms with Crippen molar-refractivity contribution >= 4 is 6.03 Å². The molecule has 2 aliphatic rings. The fourth-order valence-electron chi connectivity index (χ4n) is 2.50. The van der Waals surface area contributed by atoms with Gasteiger partial charge in [0.2, 0.25) is 0 Å². The minimum atomic E-state index is -0.0779. The first-order chi connectivity index (χ1) is 8.22. The summed E-state index contributed by atoms with van der Waals surface area (Å²) in [4.78, 5) is 13.5. The smallest absolute Gasteiger partial charge is 0.317 e. The number of amides is 2. The number of urea groups is 1. The van der Waals surface area contributed by atoms with Crippen LogP contribution in [0.4, 0.5) is 4.79 Å². The fraction of sp³-hybridized carbons (Fsp3) is 0.769. The highest BCUT2D eigenvalue weighted by Crippen LogP contribution is 2.60. The Bertz CT molecular complexity index is 296. The van der Waals surface area contributed by atoms with Gasteiger partial charge in [0.25, 0.3) is 0 Å². The Labute approximate surface area is 103 Å². The van der Waals surface area contributed by atoms with Gasteiger partial charge in [0, 0.05) is 19.6 Å². The van der Waals surface area contributed by atoms with Crippen LogP contribution in [-0.4, -0.2) is 42.3 Å². The van der Waals surface area contributed by atoms with E-state index in [0.717, 1.165) is 12.5 Å². The number of nitrogens with zero attached hydrogens (tertiary/aromatic N) is 1. The number of nitrogens with one attached hydrogen (secondary N) is 1. The summed E-state index contributed by atoms with van der Waals surface area (Å²) in [5, 5.41) is 11.9. The van der Waals surface area contributed by atoms with Gasteiger partial charge in [-0.3, -0.25) is 0 Å². The first-order valence-corrected chi connectivity index (χ1v) is 6.46. The highest BCUT2D eigenvalue weighted by Gasteiger charge is 2.53. The van der Waals surface area contributed by atoms with Crippen molar-refractivity contribution in [2.45, 2.75) is 25.7 Å². The summed E-state index contributed by atoms with van der Waals surface area (Å²) in [7, 11) is 0. The molecular weight excluding hydrogens is 216 g/mol. The second kappa shape index (κ2) is 5.08. The average Bonchev–Trinajstić information content (AvgIpc) is 3.17. The Kier molecular flexibility index (Phi) is 3.72. The lowest BCUT2D eigenvalue weighted by atomic mass is 10.0. The molecule has 0 spiro atoms. The summed E-state index contributed by atoms with van der Waals surface area (Å²) in [6.07, 6.45) is 6.88. The number of carbonyl (C=O) groups excluding carboxylic acids is 1. The number of hydrogen-bond acceptors (Lipinski definition) is 2. The van der Waals surface area contributed by atoms with Crippen molar-refractivity contribution in [2.75, 3.05) is 26.2 Å². The van der Waals surface area contributed by atoms with Crippen LogP contribution in [-0.2, 0) is 0 Å². The molecule has 96 valence electrons. The van der Waals surface area contributed by atoms with Crippen molar-refractivity contribution in [3.8, 4) is 0 Å². The number of aliphatic hydroxyl groups is 1. The average molecular weight is 238 g/mol. The van der Waals surface area contributed by atoms with Gasteiger partial charge in [-0.05, 0) is 37.0 Å². The lowest BCUT2D eigenvalue weighted by molar-refractivity contribution is 0.181. The topological polar surface area (TPSA) is 52.6 Å². The first-order valence-electron chi connectivity index (χ1n) is 6.46. The maximum absolute atomic E-state index is 11.9. The van der Waals surface area contributed by atoms with Crippen LogP contribution < -0.4 is 5.32 Å². The molecule has 17 heavy (non-hydrogen) atoms. The predicted molar refractivity (Wildman–Crippen MR) is 66.6 cm³/mol. The molecule has 0 saturated heterocycles. The summed E-state index contributed by atoms with van der Waals surface area (Å²) < 4.78 is 0. The van der Waals surface area contributed by atoms with E-state index in [1.54, 1.807) is 11.0 Å². The van der Waals surface area contributed by atoms with Gasteiger partial charge in [0.15, 0.2) is 0 Å². The first kappa shape index (κ1) is 12.4. The Hall–Kier alpha value is -1.03. The standard InChI is InChI=1S/C13H22N2O2/c1-2-7-15(8-9-16)12(17)14-10-13(5-6-13)11-3-4-11/h2,11,16H,1,3-10H2,(H,14,17). The van der Waals surface area contributed by atoms with Crippen LogP contribution in [0.2, 0.25) is 0 Å². The van der Waals surface area contributed by atoms with Gasteiger partial charge in [0.1, 0.15) is 0 Å². The molecule has 2 N–H and O–H groups in total. The van der Waals surface area contributed by atoms with Crippen LogP contribution in [0.5, 0.6) is 0 Å². The molecule has 4 heteroatoms. The zero-order valence-corrected chi connectivity index (χ0v) is 10.3.